The summed E-state index contributed by atoms with van der Waals surface area (Å²) in [5, 5.41) is 0. The zero-order chi connectivity index (χ0) is 24.3. The van der Waals surface area contributed by atoms with E-state index in [-0.39, 0.29) is 31.1 Å². The lowest BCUT2D eigenvalue weighted by Crippen LogP contribution is -2.31. The molecule has 0 amide bonds. The van der Waals surface area contributed by atoms with E-state index < -0.39 is 0 Å². The van der Waals surface area contributed by atoms with Gasteiger partial charge in [0.15, 0.2) is 0 Å². The van der Waals surface area contributed by atoms with Gasteiger partial charge in [-0.1, -0.05) is 122 Å². The molecular weight excluding hydrogens is 400 g/mol. The molecule has 0 spiro atoms. The molecule has 0 aliphatic heterocycles. The Morgan fingerprint density at radius 2 is 1.00 bits per heavy atom. The summed E-state index contributed by atoms with van der Waals surface area (Å²) in [6, 6.07) is 9.00. The number of Topliss-reactive ketones (excluding diaryl/α,β-unsaturated/α-hetero) is 1. The second kappa shape index (κ2) is 12.6. The van der Waals surface area contributed by atoms with Crippen molar-refractivity contribution >= 4 is 5.78 Å². The summed E-state index contributed by atoms with van der Waals surface area (Å²) in [6.45, 7) is 26.6. The molecule has 0 atom stereocenters. The third-order valence-electron chi connectivity index (χ3n) is 6.47. The highest BCUT2D eigenvalue weighted by Gasteiger charge is 2.33. The Morgan fingerprint density at radius 3 is 1.24 bits per heavy atom. The van der Waals surface area contributed by atoms with E-state index in [0.29, 0.717) is 17.1 Å². The van der Waals surface area contributed by atoms with Gasteiger partial charge in [-0.15, -0.1) is 0 Å². The third kappa shape index (κ3) is 12.2. The van der Waals surface area contributed by atoms with Crippen LogP contribution in [0, 0.1) is 22.7 Å². The SMILES string of the molecule is C.C.CC(C)(C)CC1CCC(C(=O)C(C)(C)C)CC1.CC(C)(C)c1ccc(C(C)(C)C)cc1. The van der Waals surface area contributed by atoms with Crippen LogP contribution in [-0.2, 0) is 15.6 Å². The van der Waals surface area contributed by atoms with E-state index in [1.54, 1.807) is 0 Å². The third-order valence-corrected chi connectivity index (χ3v) is 6.47. The standard InChI is InChI=1S/C16H30O.C14H22.2CH4/c1-15(2,3)11-12-7-9-13(10-8-12)14(17)16(4,5)6;1-13(2,3)11-7-9-12(10-8-11)14(4,5)6;;/h12-13H,7-11H2,1-6H3;7-10H,1-6H3;2*1H4. The summed E-state index contributed by atoms with van der Waals surface area (Å²) < 4.78 is 0. The summed E-state index contributed by atoms with van der Waals surface area (Å²) >= 11 is 0. The number of carbonyl (C=O) groups is 1. The van der Waals surface area contributed by atoms with Crippen LogP contribution in [0.15, 0.2) is 24.3 Å². The molecule has 0 radical (unpaired) electrons. The molecule has 1 heteroatoms. The van der Waals surface area contributed by atoms with Crippen molar-refractivity contribution in [2.45, 2.75) is 141 Å². The average molecular weight is 461 g/mol. The molecule has 1 saturated carbocycles. The van der Waals surface area contributed by atoms with Gasteiger partial charge in [0.05, 0.1) is 0 Å². The van der Waals surface area contributed by atoms with E-state index >= 15 is 0 Å². The predicted molar refractivity (Wildman–Crippen MR) is 151 cm³/mol. The van der Waals surface area contributed by atoms with Crippen molar-refractivity contribution in [1.82, 2.24) is 0 Å². The number of hydrogen-bond donors (Lipinski definition) is 0. The van der Waals surface area contributed by atoms with E-state index in [9.17, 15) is 4.79 Å². The lowest BCUT2D eigenvalue weighted by Gasteiger charge is -2.34. The van der Waals surface area contributed by atoms with Gasteiger partial charge in [0.2, 0.25) is 0 Å². The van der Waals surface area contributed by atoms with Crippen molar-refractivity contribution in [2.75, 3.05) is 0 Å². The number of carbonyl (C=O) groups excluding carboxylic acids is 1. The molecule has 2 rings (SSSR count). The highest BCUT2D eigenvalue weighted by Crippen LogP contribution is 2.38. The van der Waals surface area contributed by atoms with Gasteiger partial charge in [-0.25, -0.2) is 0 Å². The van der Waals surface area contributed by atoms with Crippen LogP contribution in [0.4, 0.5) is 0 Å². The van der Waals surface area contributed by atoms with Gasteiger partial charge in [-0.05, 0) is 65.4 Å². The lowest BCUT2D eigenvalue weighted by atomic mass is 9.70. The van der Waals surface area contributed by atoms with Gasteiger partial charge in [0.1, 0.15) is 5.78 Å². The monoisotopic (exact) mass is 460 g/mol. The molecule has 194 valence electrons. The average Bonchev–Trinajstić information content (AvgIpc) is 2.59. The first-order valence-electron chi connectivity index (χ1n) is 12.5. The second-order valence-electron chi connectivity index (χ2n) is 14.2. The lowest BCUT2D eigenvalue weighted by molar-refractivity contribution is -0.131. The summed E-state index contributed by atoms with van der Waals surface area (Å²) in [4.78, 5) is 12.2. The molecule has 1 aromatic carbocycles. The van der Waals surface area contributed by atoms with E-state index in [2.05, 4.69) is 107 Å². The van der Waals surface area contributed by atoms with E-state index in [1.165, 1.54) is 30.4 Å². The molecule has 0 unspecified atom stereocenters. The number of hydrogen-bond acceptors (Lipinski definition) is 1. The Morgan fingerprint density at radius 1 is 0.667 bits per heavy atom. The van der Waals surface area contributed by atoms with Crippen LogP contribution in [0.5, 0.6) is 0 Å². The minimum atomic E-state index is -0.151. The Hall–Kier alpha value is -1.11. The van der Waals surface area contributed by atoms with Crippen molar-refractivity contribution in [1.29, 1.82) is 0 Å². The van der Waals surface area contributed by atoms with Crippen molar-refractivity contribution in [2.24, 2.45) is 22.7 Å². The van der Waals surface area contributed by atoms with E-state index in [0.717, 1.165) is 18.8 Å². The Labute approximate surface area is 209 Å². The minimum Gasteiger partial charge on any atom is -0.299 e. The van der Waals surface area contributed by atoms with Crippen LogP contribution in [0.3, 0.4) is 0 Å². The van der Waals surface area contributed by atoms with Gasteiger partial charge in [0, 0.05) is 11.3 Å². The van der Waals surface area contributed by atoms with Crippen molar-refractivity contribution in [3.05, 3.63) is 35.4 Å². The molecule has 1 aromatic rings. The Balaban J connectivity index is 0. The highest BCUT2D eigenvalue weighted by atomic mass is 16.1. The summed E-state index contributed by atoms with van der Waals surface area (Å²) in [7, 11) is 0. The van der Waals surface area contributed by atoms with Gasteiger partial charge in [-0.2, -0.15) is 0 Å². The van der Waals surface area contributed by atoms with Crippen LogP contribution in [0.1, 0.15) is 141 Å². The Kier molecular flexibility index (Phi) is 13.0. The molecule has 1 aliphatic rings. The summed E-state index contributed by atoms with van der Waals surface area (Å²) in [6.07, 6.45) is 6.06. The first-order chi connectivity index (χ1) is 13.8. The maximum absolute atomic E-state index is 12.2. The molecular formula is C32H60O. The molecule has 0 aromatic heterocycles. The largest absolute Gasteiger partial charge is 0.299 e. The predicted octanol–water partition coefficient (Wildman–Crippen LogP) is 10.4. The van der Waals surface area contributed by atoms with Gasteiger partial charge in [-0.3, -0.25) is 4.79 Å². The molecule has 0 N–H and O–H groups in total. The van der Waals surface area contributed by atoms with Crippen LogP contribution in [0.25, 0.3) is 0 Å². The van der Waals surface area contributed by atoms with Crippen LogP contribution < -0.4 is 0 Å². The highest BCUT2D eigenvalue weighted by molar-refractivity contribution is 5.86. The van der Waals surface area contributed by atoms with E-state index in [1.807, 2.05) is 0 Å². The smallest absolute Gasteiger partial charge is 0.141 e. The van der Waals surface area contributed by atoms with Crippen molar-refractivity contribution in [3.8, 4) is 0 Å². The Bertz CT molecular complexity index is 639. The first-order valence-corrected chi connectivity index (χ1v) is 12.5. The van der Waals surface area contributed by atoms with Gasteiger partial charge < -0.3 is 0 Å². The number of benzene rings is 1. The first kappa shape index (κ1) is 34.1. The topological polar surface area (TPSA) is 17.1 Å². The van der Waals surface area contributed by atoms with Crippen molar-refractivity contribution < 1.29 is 4.79 Å². The molecule has 1 nitrogen and oxygen atoms in total. The fourth-order valence-electron chi connectivity index (χ4n) is 4.58. The van der Waals surface area contributed by atoms with Crippen molar-refractivity contribution in [3.63, 3.8) is 0 Å². The molecule has 0 heterocycles. The minimum absolute atomic E-state index is 0. The van der Waals surface area contributed by atoms with E-state index in [4.69, 9.17) is 0 Å². The fraction of sp³-hybridized carbons (Fsp3) is 0.781. The molecule has 0 bridgehead atoms. The maximum atomic E-state index is 12.2. The number of ketones is 1. The molecule has 33 heavy (non-hydrogen) atoms. The molecule has 1 aliphatic carbocycles. The zero-order valence-corrected chi connectivity index (χ0v) is 22.9. The fourth-order valence-corrected chi connectivity index (χ4v) is 4.58. The quantitative estimate of drug-likeness (QED) is 0.429. The zero-order valence-electron chi connectivity index (χ0n) is 22.9. The summed E-state index contributed by atoms with van der Waals surface area (Å²) in [5.41, 5.74) is 3.62. The van der Waals surface area contributed by atoms with Gasteiger partial charge >= 0.3 is 0 Å². The second-order valence-corrected chi connectivity index (χ2v) is 14.2. The van der Waals surface area contributed by atoms with Crippen LogP contribution in [0.2, 0.25) is 0 Å². The maximum Gasteiger partial charge on any atom is 0.141 e. The van der Waals surface area contributed by atoms with Gasteiger partial charge in [0.25, 0.3) is 0 Å². The number of rotatable bonds is 2. The van der Waals surface area contributed by atoms with Crippen LogP contribution in [-0.4, -0.2) is 5.78 Å². The molecule has 1 fully saturated rings. The molecule has 0 saturated heterocycles. The van der Waals surface area contributed by atoms with Crippen LogP contribution >= 0.6 is 0 Å². The normalized spacial score (nSPS) is 19.4. The summed E-state index contributed by atoms with van der Waals surface area (Å²) in [5.74, 6) is 1.66.